The maximum atomic E-state index is 12.4. The summed E-state index contributed by atoms with van der Waals surface area (Å²) in [4.78, 5) is 28.9. The second-order valence-electron chi connectivity index (χ2n) is 11.3. The molecule has 2 atom stereocenters. The standard InChI is InChI=1S/C32H34N8O3/c1-2-6-25-23-17-21(9-10-22(23)28(42)36-25)34-31-33-18-24(27(37-31)35-26(19-41)20-7-4-3-5-8-20)29-38-30(39-43-29)32-11-14-40(15-12-32)16-13-32/h2-5,7-10,17-18,25-26,41H,1,6,11-16,19H2,(H,36,42)(H2,33,34,35,37)/t25?,26-/m1/s1/i19D2. The highest BCUT2D eigenvalue weighted by Crippen LogP contribution is 2.42. The summed E-state index contributed by atoms with van der Waals surface area (Å²) in [6.45, 7) is 4.17. The summed E-state index contributed by atoms with van der Waals surface area (Å²) < 4.78 is 22.2. The number of carbonyl (C=O) groups excluding carboxylic acids is 1. The van der Waals surface area contributed by atoms with E-state index in [0.29, 0.717) is 34.6 Å². The number of piperidine rings is 3. The monoisotopic (exact) mass is 580 g/mol. The van der Waals surface area contributed by atoms with Crippen LogP contribution in [0.3, 0.4) is 0 Å². The Morgan fingerprint density at radius 3 is 2.70 bits per heavy atom. The Kier molecular flexibility index (Phi) is 6.52. The number of rotatable bonds is 10. The minimum Gasteiger partial charge on any atom is -0.394 e. The summed E-state index contributed by atoms with van der Waals surface area (Å²) >= 11 is 0. The highest BCUT2D eigenvalue weighted by Gasteiger charge is 2.44. The molecule has 0 spiro atoms. The van der Waals surface area contributed by atoms with Crippen molar-refractivity contribution in [1.82, 2.24) is 30.3 Å². The van der Waals surface area contributed by atoms with E-state index in [1.807, 2.05) is 12.1 Å². The van der Waals surface area contributed by atoms with Crippen molar-refractivity contribution < 1.29 is 17.2 Å². The molecule has 4 aliphatic rings. The minimum absolute atomic E-state index is 0.127. The van der Waals surface area contributed by atoms with Crippen LogP contribution in [0.5, 0.6) is 0 Å². The molecule has 3 saturated heterocycles. The van der Waals surface area contributed by atoms with E-state index >= 15 is 0 Å². The van der Waals surface area contributed by atoms with Crippen molar-refractivity contribution in [2.75, 3.05) is 36.8 Å². The molecule has 11 heteroatoms. The molecular weight excluding hydrogens is 544 g/mol. The summed E-state index contributed by atoms with van der Waals surface area (Å²) in [6.07, 6.45) is 6.80. The summed E-state index contributed by atoms with van der Waals surface area (Å²) in [6, 6.07) is 12.9. The van der Waals surface area contributed by atoms with Gasteiger partial charge in [-0.15, -0.1) is 6.58 Å². The van der Waals surface area contributed by atoms with Crippen LogP contribution in [0.1, 0.15) is 67.8 Å². The number of hydrogen-bond donors (Lipinski definition) is 4. The van der Waals surface area contributed by atoms with Crippen LogP contribution >= 0.6 is 0 Å². The molecule has 6 heterocycles. The first-order valence-electron chi connectivity index (χ1n) is 15.5. The predicted molar refractivity (Wildman–Crippen MR) is 162 cm³/mol. The molecule has 2 aromatic carbocycles. The van der Waals surface area contributed by atoms with Gasteiger partial charge in [-0.05, 0) is 74.6 Å². The highest BCUT2D eigenvalue weighted by molar-refractivity contribution is 5.99. The molecule has 4 aliphatic heterocycles. The smallest absolute Gasteiger partial charge is 0.263 e. The molecule has 0 radical (unpaired) electrons. The predicted octanol–water partition coefficient (Wildman–Crippen LogP) is 4.51. The topological polar surface area (TPSA) is 141 Å². The molecule has 0 saturated carbocycles. The van der Waals surface area contributed by atoms with Crippen LogP contribution in [-0.2, 0) is 5.41 Å². The van der Waals surface area contributed by atoms with Crippen LogP contribution in [0.25, 0.3) is 11.5 Å². The zero-order chi connectivity index (χ0) is 31.2. The molecule has 220 valence electrons. The van der Waals surface area contributed by atoms with E-state index < -0.39 is 12.6 Å². The Labute approximate surface area is 252 Å². The number of aliphatic hydroxyl groups is 1. The molecule has 11 nitrogen and oxygen atoms in total. The van der Waals surface area contributed by atoms with Gasteiger partial charge in [0.15, 0.2) is 5.82 Å². The SMILES string of the molecule is [2H]C([2H])(O)[C@@H](Nc1nc(Nc2ccc3c(c2)C(CC=C)NC3=O)ncc1-c1nc(C23CCN(CC2)CC3)no1)c1ccccc1. The number of nitrogens with one attached hydrogen (secondary N) is 3. The molecule has 1 unspecified atom stereocenters. The fraction of sp³-hybridized carbons (Fsp3) is 0.344. The van der Waals surface area contributed by atoms with Crippen molar-refractivity contribution >= 4 is 23.4 Å². The van der Waals surface area contributed by atoms with E-state index in [9.17, 15) is 9.90 Å². The quantitative estimate of drug-likeness (QED) is 0.198. The lowest BCUT2D eigenvalue weighted by molar-refractivity contribution is 0.0747. The molecule has 3 fully saturated rings. The fourth-order valence-electron chi connectivity index (χ4n) is 6.32. The third kappa shape index (κ3) is 5.15. The second-order valence-corrected chi connectivity index (χ2v) is 11.3. The van der Waals surface area contributed by atoms with E-state index in [-0.39, 0.29) is 35.0 Å². The summed E-state index contributed by atoms with van der Waals surface area (Å²) in [5.41, 5.74) is 2.89. The zero-order valence-electron chi connectivity index (χ0n) is 25.6. The van der Waals surface area contributed by atoms with Crippen LogP contribution in [-0.4, -0.2) is 62.2 Å². The summed E-state index contributed by atoms with van der Waals surface area (Å²) in [5.74, 6) is 1.16. The van der Waals surface area contributed by atoms with E-state index in [1.54, 1.807) is 48.7 Å². The van der Waals surface area contributed by atoms with Gasteiger partial charge in [-0.1, -0.05) is 41.6 Å². The number of nitrogens with zero attached hydrogens (tertiary/aromatic N) is 5. The van der Waals surface area contributed by atoms with Gasteiger partial charge in [0.05, 0.1) is 21.4 Å². The number of hydrogen-bond acceptors (Lipinski definition) is 10. The molecule has 2 bridgehead atoms. The Morgan fingerprint density at radius 1 is 1.16 bits per heavy atom. The van der Waals surface area contributed by atoms with Crippen molar-refractivity contribution in [1.29, 1.82) is 0 Å². The van der Waals surface area contributed by atoms with Crippen LogP contribution < -0.4 is 16.0 Å². The maximum absolute atomic E-state index is 12.4. The fourth-order valence-corrected chi connectivity index (χ4v) is 6.32. The van der Waals surface area contributed by atoms with Crippen molar-refractivity contribution in [2.24, 2.45) is 0 Å². The van der Waals surface area contributed by atoms with E-state index in [2.05, 4.69) is 37.6 Å². The van der Waals surface area contributed by atoms with Gasteiger partial charge in [-0.3, -0.25) is 4.79 Å². The summed E-state index contributed by atoms with van der Waals surface area (Å²) in [5, 5.41) is 24.3. The Morgan fingerprint density at radius 2 is 1.95 bits per heavy atom. The first-order valence-corrected chi connectivity index (χ1v) is 14.5. The molecule has 1 amide bonds. The van der Waals surface area contributed by atoms with Crippen molar-refractivity contribution in [3.05, 3.63) is 89.9 Å². The third-order valence-electron chi connectivity index (χ3n) is 8.82. The van der Waals surface area contributed by atoms with E-state index in [0.717, 1.165) is 44.5 Å². The number of anilines is 3. The third-order valence-corrected chi connectivity index (χ3v) is 8.82. The molecule has 0 aliphatic carbocycles. The van der Waals surface area contributed by atoms with Crippen LogP contribution in [0, 0.1) is 0 Å². The van der Waals surface area contributed by atoms with Crippen LogP contribution in [0.2, 0.25) is 0 Å². The van der Waals surface area contributed by atoms with Crippen molar-refractivity contribution in [2.45, 2.75) is 43.2 Å². The van der Waals surface area contributed by atoms with Gasteiger partial charge in [-0.25, -0.2) is 4.98 Å². The normalized spacial score (nSPS) is 24.0. The van der Waals surface area contributed by atoms with Gasteiger partial charge in [0.2, 0.25) is 5.95 Å². The molecule has 4 aromatic rings. The van der Waals surface area contributed by atoms with Gasteiger partial charge in [0, 0.05) is 22.9 Å². The molecule has 4 N–H and O–H groups in total. The summed E-state index contributed by atoms with van der Waals surface area (Å²) in [7, 11) is 0. The number of fused-ring (bicyclic) bond motifs is 4. The van der Waals surface area contributed by atoms with E-state index in [4.69, 9.17) is 17.2 Å². The highest BCUT2D eigenvalue weighted by atomic mass is 16.5. The van der Waals surface area contributed by atoms with Crippen LogP contribution in [0.4, 0.5) is 17.5 Å². The average molecular weight is 581 g/mol. The Hall–Kier alpha value is -4.61. The lowest BCUT2D eigenvalue weighted by Crippen LogP contribution is -2.51. The van der Waals surface area contributed by atoms with Gasteiger partial charge in [0.1, 0.15) is 11.4 Å². The van der Waals surface area contributed by atoms with Gasteiger partial charge in [0.25, 0.3) is 11.8 Å². The van der Waals surface area contributed by atoms with Gasteiger partial charge in [-0.2, -0.15) is 9.97 Å². The van der Waals surface area contributed by atoms with E-state index in [1.165, 1.54) is 0 Å². The zero-order valence-corrected chi connectivity index (χ0v) is 23.6. The van der Waals surface area contributed by atoms with Crippen LogP contribution in [0.15, 0.2) is 71.9 Å². The van der Waals surface area contributed by atoms with Crippen molar-refractivity contribution in [3.8, 4) is 11.5 Å². The first kappa shape index (κ1) is 24.9. The number of aromatic nitrogens is 4. The first-order chi connectivity index (χ1) is 21.7. The van der Waals surface area contributed by atoms with Crippen molar-refractivity contribution in [3.63, 3.8) is 0 Å². The minimum atomic E-state index is -2.65. The molecule has 8 rings (SSSR count). The average Bonchev–Trinajstić information content (AvgIpc) is 3.66. The lowest BCUT2D eigenvalue weighted by atomic mass is 9.71. The largest absolute Gasteiger partial charge is 0.394 e. The van der Waals surface area contributed by atoms with Gasteiger partial charge < -0.3 is 30.5 Å². The number of benzene rings is 2. The molecule has 43 heavy (non-hydrogen) atoms. The lowest BCUT2D eigenvalue weighted by Gasteiger charge is -2.46. The number of amides is 1. The maximum Gasteiger partial charge on any atom is 0.263 e. The Bertz CT molecular complexity index is 1720. The molecular formula is C32H34N8O3. The molecule has 2 aromatic heterocycles. The number of carbonyl (C=O) groups is 1. The van der Waals surface area contributed by atoms with Gasteiger partial charge >= 0.3 is 0 Å². The second kappa shape index (κ2) is 11.2. The Balaban J connectivity index is 1.25.